The van der Waals surface area contributed by atoms with Gasteiger partial charge in [0.1, 0.15) is 5.75 Å². The van der Waals surface area contributed by atoms with Crippen LogP contribution < -0.4 is 10.1 Å². The molecule has 0 saturated carbocycles. The van der Waals surface area contributed by atoms with Crippen LogP contribution in [0.3, 0.4) is 0 Å². The Kier molecular flexibility index (Phi) is 4.80. The summed E-state index contributed by atoms with van der Waals surface area (Å²) in [7, 11) is 0. The van der Waals surface area contributed by atoms with Gasteiger partial charge in [0.2, 0.25) is 11.1 Å². The highest BCUT2D eigenvalue weighted by Gasteiger charge is 2.23. The fourth-order valence-corrected chi connectivity index (χ4v) is 3.28. The second kappa shape index (κ2) is 6.99. The van der Waals surface area contributed by atoms with E-state index in [9.17, 15) is 4.79 Å². The van der Waals surface area contributed by atoms with Crippen molar-refractivity contribution in [3.63, 3.8) is 0 Å². The zero-order valence-corrected chi connectivity index (χ0v) is 13.9. The van der Waals surface area contributed by atoms with E-state index < -0.39 is 0 Å². The van der Waals surface area contributed by atoms with Gasteiger partial charge in [0, 0.05) is 12.0 Å². The molecule has 23 heavy (non-hydrogen) atoms. The van der Waals surface area contributed by atoms with E-state index in [4.69, 9.17) is 4.74 Å². The summed E-state index contributed by atoms with van der Waals surface area (Å²) in [5.41, 5.74) is 1.03. The van der Waals surface area contributed by atoms with Crippen LogP contribution in [0.2, 0.25) is 0 Å². The monoisotopic (exact) mass is 333 g/mol. The molecule has 0 saturated heterocycles. The number of tetrazole rings is 1. The third kappa shape index (κ3) is 3.64. The quantitative estimate of drug-likeness (QED) is 0.843. The standard InChI is InChI=1S/C15H19N5O2S/c1-10(2)20-15(17-18-19-20)23-9-14(21)16-12-7-8-22-13-6-4-3-5-11(12)13/h3-6,10,12H,7-9H2,1-2H3,(H,16,21). The van der Waals surface area contributed by atoms with Crippen LogP contribution >= 0.6 is 11.8 Å². The molecule has 122 valence electrons. The Morgan fingerprint density at radius 3 is 3.13 bits per heavy atom. The largest absolute Gasteiger partial charge is 0.493 e. The van der Waals surface area contributed by atoms with Crippen molar-refractivity contribution in [3.8, 4) is 5.75 Å². The number of carbonyl (C=O) groups is 1. The summed E-state index contributed by atoms with van der Waals surface area (Å²) in [4.78, 5) is 12.2. The molecular weight excluding hydrogens is 314 g/mol. The molecule has 8 heteroatoms. The van der Waals surface area contributed by atoms with Crippen molar-refractivity contribution in [1.29, 1.82) is 0 Å². The second-order valence-corrected chi connectivity index (χ2v) is 6.53. The van der Waals surface area contributed by atoms with E-state index in [-0.39, 0.29) is 23.7 Å². The van der Waals surface area contributed by atoms with Gasteiger partial charge < -0.3 is 10.1 Å². The Hall–Kier alpha value is -2.09. The number of ether oxygens (including phenoxy) is 1. The normalized spacial score (nSPS) is 16.7. The molecule has 1 atom stereocenters. The zero-order valence-electron chi connectivity index (χ0n) is 13.1. The number of nitrogens with one attached hydrogen (secondary N) is 1. The fraction of sp³-hybridized carbons (Fsp3) is 0.467. The van der Waals surface area contributed by atoms with Crippen molar-refractivity contribution in [1.82, 2.24) is 25.5 Å². The Balaban J connectivity index is 1.59. The average molecular weight is 333 g/mol. The first kappa shape index (κ1) is 15.8. The lowest BCUT2D eigenvalue weighted by Crippen LogP contribution is -2.33. The number of carbonyl (C=O) groups excluding carboxylic acids is 1. The molecule has 2 aromatic rings. The first-order valence-electron chi connectivity index (χ1n) is 7.57. The van der Waals surface area contributed by atoms with Gasteiger partial charge in [-0.05, 0) is 30.3 Å². The summed E-state index contributed by atoms with van der Waals surface area (Å²) in [5.74, 6) is 1.10. The summed E-state index contributed by atoms with van der Waals surface area (Å²) < 4.78 is 7.32. The van der Waals surface area contributed by atoms with Crippen LogP contribution in [0.5, 0.6) is 5.75 Å². The Morgan fingerprint density at radius 2 is 2.30 bits per heavy atom. The topological polar surface area (TPSA) is 81.9 Å². The number of benzene rings is 1. The number of para-hydroxylation sites is 1. The number of rotatable bonds is 5. The Bertz CT molecular complexity index is 688. The predicted molar refractivity (Wildman–Crippen MR) is 86.4 cm³/mol. The number of amides is 1. The van der Waals surface area contributed by atoms with Gasteiger partial charge in [-0.1, -0.05) is 30.0 Å². The van der Waals surface area contributed by atoms with E-state index in [2.05, 4.69) is 20.8 Å². The number of hydrogen-bond acceptors (Lipinski definition) is 6. The summed E-state index contributed by atoms with van der Waals surface area (Å²) >= 11 is 1.34. The third-order valence-electron chi connectivity index (χ3n) is 3.58. The lowest BCUT2D eigenvalue weighted by molar-refractivity contribution is -0.119. The van der Waals surface area contributed by atoms with Gasteiger partial charge in [-0.25, -0.2) is 4.68 Å². The van der Waals surface area contributed by atoms with Crippen LogP contribution in [0.4, 0.5) is 0 Å². The number of aromatic nitrogens is 4. The molecule has 3 rings (SSSR count). The minimum atomic E-state index is -0.0324. The second-order valence-electron chi connectivity index (χ2n) is 5.58. The molecular formula is C15H19N5O2S. The van der Waals surface area contributed by atoms with E-state index in [1.807, 2.05) is 38.1 Å². The van der Waals surface area contributed by atoms with Gasteiger partial charge in [-0.2, -0.15) is 0 Å². The van der Waals surface area contributed by atoms with E-state index >= 15 is 0 Å². The van der Waals surface area contributed by atoms with Gasteiger partial charge >= 0.3 is 0 Å². The molecule has 0 fully saturated rings. The van der Waals surface area contributed by atoms with Crippen molar-refractivity contribution in [3.05, 3.63) is 29.8 Å². The molecule has 1 N–H and O–H groups in total. The lowest BCUT2D eigenvalue weighted by atomic mass is 10.0. The fourth-order valence-electron chi connectivity index (χ4n) is 2.46. The van der Waals surface area contributed by atoms with Gasteiger partial charge in [0.25, 0.3) is 0 Å². The van der Waals surface area contributed by atoms with E-state index in [0.29, 0.717) is 11.8 Å². The number of hydrogen-bond donors (Lipinski definition) is 1. The lowest BCUT2D eigenvalue weighted by Gasteiger charge is -2.26. The van der Waals surface area contributed by atoms with Crippen molar-refractivity contribution >= 4 is 17.7 Å². The van der Waals surface area contributed by atoms with Crippen molar-refractivity contribution in [2.75, 3.05) is 12.4 Å². The molecule has 0 radical (unpaired) electrons. The molecule has 1 aliphatic rings. The maximum absolute atomic E-state index is 12.2. The molecule has 1 aromatic heterocycles. The van der Waals surface area contributed by atoms with E-state index in [1.54, 1.807) is 4.68 Å². The van der Waals surface area contributed by atoms with Crippen molar-refractivity contribution in [2.45, 2.75) is 37.5 Å². The van der Waals surface area contributed by atoms with Crippen molar-refractivity contribution in [2.24, 2.45) is 0 Å². The Morgan fingerprint density at radius 1 is 1.48 bits per heavy atom. The summed E-state index contributed by atoms with van der Waals surface area (Å²) in [6.45, 7) is 4.61. The van der Waals surface area contributed by atoms with Crippen LogP contribution in [0.1, 0.15) is 37.9 Å². The predicted octanol–water partition coefficient (Wildman–Crippen LogP) is 1.99. The van der Waals surface area contributed by atoms with Gasteiger partial charge in [-0.3, -0.25) is 4.79 Å². The highest BCUT2D eigenvalue weighted by Crippen LogP contribution is 2.31. The SMILES string of the molecule is CC(C)n1nnnc1SCC(=O)NC1CCOc2ccccc21. The van der Waals surface area contributed by atoms with Crippen LogP contribution in [-0.4, -0.2) is 38.5 Å². The summed E-state index contributed by atoms with van der Waals surface area (Å²) in [6.07, 6.45) is 0.775. The van der Waals surface area contributed by atoms with E-state index in [0.717, 1.165) is 17.7 Å². The molecule has 0 spiro atoms. The van der Waals surface area contributed by atoms with Crippen molar-refractivity contribution < 1.29 is 9.53 Å². The van der Waals surface area contributed by atoms with Gasteiger partial charge in [0.15, 0.2) is 0 Å². The first-order chi connectivity index (χ1) is 11.1. The smallest absolute Gasteiger partial charge is 0.230 e. The van der Waals surface area contributed by atoms with Gasteiger partial charge in [0.05, 0.1) is 24.4 Å². The number of nitrogens with zero attached hydrogens (tertiary/aromatic N) is 4. The minimum Gasteiger partial charge on any atom is -0.493 e. The molecule has 2 heterocycles. The zero-order chi connectivity index (χ0) is 16.2. The maximum Gasteiger partial charge on any atom is 0.230 e. The van der Waals surface area contributed by atoms with Crippen LogP contribution in [0.15, 0.2) is 29.4 Å². The van der Waals surface area contributed by atoms with Crippen LogP contribution in [-0.2, 0) is 4.79 Å². The summed E-state index contributed by atoms with van der Waals surface area (Å²) in [5, 5.41) is 15.3. The third-order valence-corrected chi connectivity index (χ3v) is 4.51. The molecule has 1 amide bonds. The molecule has 0 bridgehead atoms. The molecule has 1 aromatic carbocycles. The van der Waals surface area contributed by atoms with Gasteiger partial charge in [-0.15, -0.1) is 5.10 Å². The highest BCUT2D eigenvalue weighted by atomic mass is 32.2. The Labute approximate surface area is 138 Å². The van der Waals surface area contributed by atoms with Crippen LogP contribution in [0.25, 0.3) is 0 Å². The number of fused-ring (bicyclic) bond motifs is 1. The summed E-state index contributed by atoms with van der Waals surface area (Å²) in [6, 6.07) is 7.97. The van der Waals surface area contributed by atoms with E-state index in [1.165, 1.54) is 11.8 Å². The van der Waals surface area contributed by atoms with Crippen LogP contribution in [0, 0.1) is 0 Å². The molecule has 1 aliphatic heterocycles. The molecule has 7 nitrogen and oxygen atoms in total. The molecule has 0 aliphatic carbocycles. The molecule has 1 unspecified atom stereocenters. The number of thioether (sulfide) groups is 1. The highest BCUT2D eigenvalue weighted by molar-refractivity contribution is 7.99. The average Bonchev–Trinajstić information content (AvgIpc) is 3.02. The first-order valence-corrected chi connectivity index (χ1v) is 8.55. The maximum atomic E-state index is 12.2. The minimum absolute atomic E-state index is 0.00542.